The molecule has 0 aliphatic carbocycles. The third-order valence-corrected chi connectivity index (χ3v) is 2.26. The molecule has 1 rings (SSSR count). The number of nitrogens with one attached hydrogen (secondary N) is 1. The first kappa shape index (κ1) is 8.02. The molecule has 1 aliphatic heterocycles. The average molecular weight is 143 g/mol. The van der Waals surface area contributed by atoms with E-state index in [0.717, 1.165) is 6.54 Å². The molecule has 0 amide bonds. The highest BCUT2D eigenvalue weighted by Gasteiger charge is 2.13. The van der Waals surface area contributed by atoms with Crippen LogP contribution in [0, 0.1) is 5.92 Å². The summed E-state index contributed by atoms with van der Waals surface area (Å²) in [6.45, 7) is 3.55. The van der Waals surface area contributed by atoms with E-state index in [4.69, 9.17) is 5.11 Å². The van der Waals surface area contributed by atoms with Crippen LogP contribution in [-0.4, -0.2) is 24.3 Å². The third kappa shape index (κ3) is 2.27. The molecule has 0 bridgehead atoms. The van der Waals surface area contributed by atoms with E-state index in [-0.39, 0.29) is 0 Å². The van der Waals surface area contributed by atoms with E-state index < -0.39 is 0 Å². The molecule has 0 aromatic carbocycles. The van der Waals surface area contributed by atoms with Gasteiger partial charge in [0.25, 0.3) is 0 Å². The van der Waals surface area contributed by atoms with Gasteiger partial charge in [-0.15, -0.1) is 0 Å². The quantitative estimate of drug-likeness (QED) is 0.568. The third-order valence-electron chi connectivity index (χ3n) is 2.26. The van der Waals surface area contributed by atoms with Gasteiger partial charge in [-0.2, -0.15) is 0 Å². The highest BCUT2D eigenvalue weighted by atomic mass is 16.3. The summed E-state index contributed by atoms with van der Waals surface area (Å²) in [7, 11) is 0. The normalized spacial score (nSPS) is 35.4. The minimum Gasteiger partial charge on any atom is -0.396 e. The molecular weight excluding hydrogens is 126 g/mol. The molecule has 10 heavy (non-hydrogen) atoms. The Hall–Kier alpha value is -0.0800. The lowest BCUT2D eigenvalue weighted by Gasteiger charge is -2.11. The van der Waals surface area contributed by atoms with E-state index >= 15 is 0 Å². The Morgan fingerprint density at radius 2 is 2.30 bits per heavy atom. The largest absolute Gasteiger partial charge is 0.396 e. The first-order valence-corrected chi connectivity index (χ1v) is 4.17. The van der Waals surface area contributed by atoms with Crippen molar-refractivity contribution in [2.45, 2.75) is 32.2 Å². The summed E-state index contributed by atoms with van der Waals surface area (Å²) < 4.78 is 0. The highest BCUT2D eigenvalue weighted by molar-refractivity contribution is 4.71. The first-order chi connectivity index (χ1) is 4.83. The number of aliphatic hydroxyl groups excluding tert-OH is 1. The van der Waals surface area contributed by atoms with Gasteiger partial charge in [0.1, 0.15) is 0 Å². The van der Waals surface area contributed by atoms with Gasteiger partial charge in [-0.3, -0.25) is 0 Å². The van der Waals surface area contributed by atoms with Gasteiger partial charge >= 0.3 is 0 Å². The van der Waals surface area contributed by atoms with E-state index in [1.54, 1.807) is 0 Å². The van der Waals surface area contributed by atoms with Crippen LogP contribution < -0.4 is 5.32 Å². The zero-order valence-corrected chi connectivity index (χ0v) is 6.64. The molecule has 0 aromatic heterocycles. The number of rotatable bonds is 1. The summed E-state index contributed by atoms with van der Waals surface area (Å²) in [5, 5.41) is 12.2. The van der Waals surface area contributed by atoms with Crippen molar-refractivity contribution in [1.29, 1.82) is 0 Å². The van der Waals surface area contributed by atoms with Crippen LogP contribution in [0.25, 0.3) is 0 Å². The molecule has 2 nitrogen and oxygen atoms in total. The maximum Gasteiger partial charge on any atom is 0.0471 e. The first-order valence-electron chi connectivity index (χ1n) is 4.17. The maximum absolute atomic E-state index is 8.86. The molecule has 60 valence electrons. The fraction of sp³-hybridized carbons (Fsp3) is 1.00. The second-order valence-corrected chi connectivity index (χ2v) is 3.29. The SMILES string of the molecule is CC1CCC[C@H](CO)CN1. The van der Waals surface area contributed by atoms with Crippen LogP contribution in [-0.2, 0) is 0 Å². The molecule has 1 aliphatic rings. The minimum absolute atomic E-state index is 0.347. The van der Waals surface area contributed by atoms with E-state index in [0.29, 0.717) is 18.6 Å². The lowest BCUT2D eigenvalue weighted by Crippen LogP contribution is -2.29. The van der Waals surface area contributed by atoms with Crippen molar-refractivity contribution in [1.82, 2.24) is 5.32 Å². The van der Waals surface area contributed by atoms with Crippen LogP contribution in [0.15, 0.2) is 0 Å². The Morgan fingerprint density at radius 1 is 1.50 bits per heavy atom. The predicted molar refractivity (Wildman–Crippen MR) is 41.9 cm³/mol. The van der Waals surface area contributed by atoms with Crippen LogP contribution in [0.1, 0.15) is 26.2 Å². The number of hydrogen-bond donors (Lipinski definition) is 2. The van der Waals surface area contributed by atoms with Crippen molar-refractivity contribution in [2.24, 2.45) is 5.92 Å². The van der Waals surface area contributed by atoms with Gasteiger partial charge in [0.15, 0.2) is 0 Å². The van der Waals surface area contributed by atoms with Crippen molar-refractivity contribution in [3.63, 3.8) is 0 Å². The zero-order chi connectivity index (χ0) is 7.40. The van der Waals surface area contributed by atoms with E-state index in [1.165, 1.54) is 19.3 Å². The monoisotopic (exact) mass is 143 g/mol. The van der Waals surface area contributed by atoms with Gasteiger partial charge in [-0.25, -0.2) is 0 Å². The van der Waals surface area contributed by atoms with Crippen molar-refractivity contribution in [3.05, 3.63) is 0 Å². The second kappa shape index (κ2) is 3.94. The molecule has 1 saturated heterocycles. The summed E-state index contributed by atoms with van der Waals surface area (Å²) in [6.07, 6.45) is 3.71. The topological polar surface area (TPSA) is 32.3 Å². The van der Waals surface area contributed by atoms with E-state index in [1.807, 2.05) is 0 Å². The van der Waals surface area contributed by atoms with Crippen LogP contribution in [0.4, 0.5) is 0 Å². The lowest BCUT2D eigenvalue weighted by atomic mass is 10.0. The van der Waals surface area contributed by atoms with Crippen LogP contribution in [0.5, 0.6) is 0 Å². The maximum atomic E-state index is 8.86. The molecule has 0 spiro atoms. The van der Waals surface area contributed by atoms with Crippen LogP contribution in [0.3, 0.4) is 0 Å². The van der Waals surface area contributed by atoms with E-state index in [9.17, 15) is 0 Å². The zero-order valence-electron chi connectivity index (χ0n) is 6.64. The van der Waals surface area contributed by atoms with E-state index in [2.05, 4.69) is 12.2 Å². The average Bonchev–Trinajstić information content (AvgIpc) is 2.14. The Kier molecular flexibility index (Phi) is 3.16. The molecule has 2 atom stereocenters. The minimum atomic E-state index is 0.347. The van der Waals surface area contributed by atoms with Gasteiger partial charge in [0, 0.05) is 19.2 Å². The van der Waals surface area contributed by atoms with Crippen molar-refractivity contribution in [3.8, 4) is 0 Å². The lowest BCUT2D eigenvalue weighted by molar-refractivity contribution is 0.219. The Bertz CT molecular complexity index is 95.3. The molecule has 2 heteroatoms. The van der Waals surface area contributed by atoms with Gasteiger partial charge < -0.3 is 10.4 Å². The Morgan fingerprint density at radius 3 is 3.00 bits per heavy atom. The van der Waals surface area contributed by atoms with Gasteiger partial charge in [-0.05, 0) is 25.7 Å². The fourth-order valence-corrected chi connectivity index (χ4v) is 1.44. The van der Waals surface area contributed by atoms with Gasteiger partial charge in [-0.1, -0.05) is 6.42 Å². The molecule has 0 saturated carbocycles. The predicted octanol–water partition coefficient (Wildman–Crippen LogP) is 0.757. The summed E-state index contributed by atoms with van der Waals surface area (Å²) in [4.78, 5) is 0. The summed E-state index contributed by atoms with van der Waals surface area (Å²) >= 11 is 0. The fourth-order valence-electron chi connectivity index (χ4n) is 1.44. The Balaban J connectivity index is 2.26. The molecule has 0 aromatic rings. The molecule has 1 heterocycles. The standard InChI is InChI=1S/C8H17NO/c1-7-3-2-4-8(6-10)5-9-7/h7-10H,2-6H2,1H3/t7?,8-/m0/s1. The highest BCUT2D eigenvalue weighted by Crippen LogP contribution is 2.13. The summed E-state index contributed by atoms with van der Waals surface area (Å²) in [6, 6.07) is 0.650. The molecule has 0 radical (unpaired) electrons. The van der Waals surface area contributed by atoms with Crippen molar-refractivity contribution in [2.75, 3.05) is 13.2 Å². The Labute approximate surface area is 62.6 Å². The second-order valence-electron chi connectivity index (χ2n) is 3.29. The van der Waals surface area contributed by atoms with Crippen molar-refractivity contribution < 1.29 is 5.11 Å². The summed E-state index contributed by atoms with van der Waals surface area (Å²) in [5.74, 6) is 0.505. The molecule has 1 fully saturated rings. The van der Waals surface area contributed by atoms with Gasteiger partial charge in [0.2, 0.25) is 0 Å². The van der Waals surface area contributed by atoms with Crippen molar-refractivity contribution >= 4 is 0 Å². The molecule has 2 N–H and O–H groups in total. The summed E-state index contributed by atoms with van der Waals surface area (Å²) in [5.41, 5.74) is 0. The van der Waals surface area contributed by atoms with Gasteiger partial charge in [0.05, 0.1) is 0 Å². The molecule has 1 unspecified atom stereocenters. The van der Waals surface area contributed by atoms with Crippen LogP contribution in [0.2, 0.25) is 0 Å². The molecular formula is C8H17NO. The number of aliphatic hydroxyl groups is 1. The van der Waals surface area contributed by atoms with Crippen LogP contribution >= 0.6 is 0 Å². The smallest absolute Gasteiger partial charge is 0.0471 e. The number of hydrogen-bond acceptors (Lipinski definition) is 2.